The number of Topliss-reactive ketones (excluding diaryl/α,β-unsaturated/α-hetero) is 1. The molecule has 2 aromatic rings. The predicted octanol–water partition coefficient (Wildman–Crippen LogP) is 4.32. The molecular weight excluding hydrogens is 357 g/mol. The molecule has 2 aromatic carbocycles. The lowest BCUT2D eigenvalue weighted by molar-refractivity contribution is -0.137. The van der Waals surface area contributed by atoms with E-state index in [4.69, 9.17) is 16.9 Å². The van der Waals surface area contributed by atoms with Crippen molar-refractivity contribution < 1.29 is 22.8 Å². The average Bonchev–Trinajstić information content (AvgIpc) is 2.55. The van der Waals surface area contributed by atoms with E-state index < -0.39 is 29.3 Å². The fourth-order valence-corrected chi connectivity index (χ4v) is 2.19. The summed E-state index contributed by atoms with van der Waals surface area (Å²) in [5, 5.41) is 11.6. The summed E-state index contributed by atoms with van der Waals surface area (Å²) < 4.78 is 37.5. The number of nitrogens with zero attached hydrogens (tertiary/aromatic N) is 1. The second kappa shape index (κ2) is 7.36. The third-order valence-corrected chi connectivity index (χ3v) is 3.48. The Hall–Kier alpha value is -2.85. The van der Waals surface area contributed by atoms with Crippen LogP contribution in [0.5, 0.6) is 0 Å². The molecule has 0 spiro atoms. The quantitative estimate of drug-likeness (QED) is 0.647. The van der Waals surface area contributed by atoms with Crippen molar-refractivity contribution >= 4 is 29.0 Å². The van der Waals surface area contributed by atoms with Gasteiger partial charge in [-0.15, -0.1) is 0 Å². The number of rotatable bonds is 4. The molecule has 1 atom stereocenters. The third kappa shape index (κ3) is 4.58. The number of hydrogen-bond acceptors (Lipinski definition) is 3. The molecule has 1 N–H and O–H groups in total. The van der Waals surface area contributed by atoms with Crippen molar-refractivity contribution in [2.75, 3.05) is 5.32 Å². The predicted molar refractivity (Wildman–Crippen MR) is 85.0 cm³/mol. The normalized spacial score (nSPS) is 12.1. The van der Waals surface area contributed by atoms with E-state index in [-0.39, 0.29) is 16.3 Å². The number of hydrogen-bond donors (Lipinski definition) is 1. The highest BCUT2D eigenvalue weighted by molar-refractivity contribution is 6.31. The lowest BCUT2D eigenvalue weighted by Crippen LogP contribution is -2.28. The molecule has 0 bridgehead atoms. The van der Waals surface area contributed by atoms with Gasteiger partial charge in [0.15, 0.2) is 11.7 Å². The van der Waals surface area contributed by atoms with Crippen LogP contribution < -0.4 is 5.32 Å². The van der Waals surface area contributed by atoms with Crippen LogP contribution in [0, 0.1) is 17.2 Å². The Morgan fingerprint density at radius 1 is 1.12 bits per heavy atom. The van der Waals surface area contributed by atoms with E-state index in [1.807, 2.05) is 0 Å². The molecule has 2 rings (SSSR count). The van der Waals surface area contributed by atoms with Crippen molar-refractivity contribution in [3.05, 3.63) is 64.7 Å². The highest BCUT2D eigenvalue weighted by atomic mass is 35.5. The molecule has 25 heavy (non-hydrogen) atoms. The first kappa shape index (κ1) is 18.5. The Morgan fingerprint density at radius 3 is 2.28 bits per heavy atom. The Bertz CT molecular complexity index is 842. The molecule has 0 saturated carbocycles. The van der Waals surface area contributed by atoms with E-state index in [1.165, 1.54) is 24.3 Å². The van der Waals surface area contributed by atoms with Crippen LogP contribution in [-0.4, -0.2) is 11.7 Å². The Labute approximate surface area is 145 Å². The van der Waals surface area contributed by atoms with Gasteiger partial charge in [0.25, 0.3) is 0 Å². The zero-order chi connectivity index (χ0) is 18.6. The van der Waals surface area contributed by atoms with Gasteiger partial charge in [-0.3, -0.25) is 9.59 Å². The number of anilines is 1. The lowest BCUT2D eigenvalue weighted by atomic mass is 9.98. The molecule has 0 heterocycles. The number of alkyl halides is 3. The van der Waals surface area contributed by atoms with Crippen LogP contribution >= 0.6 is 11.6 Å². The number of benzene rings is 2. The molecular formula is C17H10ClF3N2O2. The molecule has 8 heteroatoms. The summed E-state index contributed by atoms with van der Waals surface area (Å²) in [7, 11) is 0. The van der Waals surface area contributed by atoms with Crippen LogP contribution in [0.3, 0.4) is 0 Å². The van der Waals surface area contributed by atoms with Gasteiger partial charge >= 0.3 is 6.18 Å². The van der Waals surface area contributed by atoms with Crippen LogP contribution in [0.2, 0.25) is 5.02 Å². The Morgan fingerprint density at radius 2 is 1.76 bits per heavy atom. The molecule has 4 nitrogen and oxygen atoms in total. The van der Waals surface area contributed by atoms with Crippen LogP contribution in [0.25, 0.3) is 0 Å². The molecule has 0 saturated heterocycles. The van der Waals surface area contributed by atoms with Crippen LogP contribution in [0.15, 0.2) is 48.5 Å². The minimum absolute atomic E-state index is 0.0390. The second-order valence-corrected chi connectivity index (χ2v) is 5.44. The van der Waals surface area contributed by atoms with E-state index in [1.54, 1.807) is 6.07 Å². The van der Waals surface area contributed by atoms with Crippen molar-refractivity contribution in [3.8, 4) is 6.07 Å². The second-order valence-electron chi connectivity index (χ2n) is 5.00. The van der Waals surface area contributed by atoms with Crippen molar-refractivity contribution in [1.29, 1.82) is 5.26 Å². The van der Waals surface area contributed by atoms with Crippen molar-refractivity contribution in [2.45, 2.75) is 6.18 Å². The average molecular weight is 367 g/mol. The monoisotopic (exact) mass is 366 g/mol. The summed E-state index contributed by atoms with van der Waals surface area (Å²) in [4.78, 5) is 24.4. The first-order chi connectivity index (χ1) is 11.7. The fourth-order valence-electron chi connectivity index (χ4n) is 2.00. The van der Waals surface area contributed by atoms with Crippen molar-refractivity contribution in [2.24, 2.45) is 5.92 Å². The molecule has 0 aliphatic rings. The SMILES string of the molecule is N#CC(C(=O)Nc1ccc(C(F)(F)F)cc1)C(=O)c1cccc(Cl)c1. The smallest absolute Gasteiger partial charge is 0.325 e. The molecule has 0 aliphatic carbocycles. The highest BCUT2D eigenvalue weighted by Gasteiger charge is 2.31. The van der Waals surface area contributed by atoms with Gasteiger partial charge in [-0.05, 0) is 36.4 Å². The number of carbonyl (C=O) groups excluding carboxylic acids is 2. The number of ketones is 1. The van der Waals surface area contributed by atoms with Crippen LogP contribution in [-0.2, 0) is 11.0 Å². The summed E-state index contributed by atoms with van der Waals surface area (Å²) >= 11 is 5.77. The molecule has 1 unspecified atom stereocenters. The molecule has 0 aliphatic heterocycles. The summed E-state index contributed by atoms with van der Waals surface area (Å²) in [6.45, 7) is 0. The minimum Gasteiger partial charge on any atom is -0.325 e. The Balaban J connectivity index is 2.15. The summed E-state index contributed by atoms with van der Waals surface area (Å²) in [6, 6.07) is 11.0. The lowest BCUT2D eigenvalue weighted by Gasteiger charge is -2.11. The van der Waals surface area contributed by atoms with E-state index >= 15 is 0 Å². The van der Waals surface area contributed by atoms with Gasteiger partial charge in [0.2, 0.25) is 5.91 Å². The minimum atomic E-state index is -4.50. The van der Waals surface area contributed by atoms with Gasteiger partial charge in [0.1, 0.15) is 0 Å². The number of nitrogens with one attached hydrogen (secondary N) is 1. The molecule has 1 amide bonds. The Kier molecular flexibility index (Phi) is 5.45. The van der Waals surface area contributed by atoms with E-state index in [0.717, 1.165) is 24.3 Å². The first-order valence-corrected chi connectivity index (χ1v) is 7.27. The van der Waals surface area contributed by atoms with Gasteiger partial charge in [-0.25, -0.2) is 0 Å². The summed E-state index contributed by atoms with van der Waals surface area (Å²) in [5.74, 6) is -3.34. The third-order valence-electron chi connectivity index (χ3n) is 3.24. The van der Waals surface area contributed by atoms with E-state index in [0.29, 0.717) is 0 Å². The first-order valence-electron chi connectivity index (χ1n) is 6.90. The van der Waals surface area contributed by atoms with E-state index in [2.05, 4.69) is 5.32 Å². The van der Waals surface area contributed by atoms with Crippen LogP contribution in [0.1, 0.15) is 15.9 Å². The van der Waals surface area contributed by atoms with Gasteiger partial charge in [0.05, 0.1) is 11.6 Å². The fraction of sp³-hybridized carbons (Fsp3) is 0.118. The number of amides is 1. The largest absolute Gasteiger partial charge is 0.416 e. The highest BCUT2D eigenvalue weighted by Crippen LogP contribution is 2.30. The van der Waals surface area contributed by atoms with Gasteiger partial charge < -0.3 is 5.32 Å². The van der Waals surface area contributed by atoms with Crippen molar-refractivity contribution in [3.63, 3.8) is 0 Å². The number of halogens is 4. The number of nitriles is 1. The standard InChI is InChI=1S/C17H10ClF3N2O2/c18-12-3-1-2-10(8-12)15(24)14(9-22)16(25)23-13-6-4-11(5-7-13)17(19,20)21/h1-8,14H,(H,23,25). The topological polar surface area (TPSA) is 70.0 Å². The maximum atomic E-state index is 12.5. The number of carbonyl (C=O) groups is 2. The zero-order valence-corrected chi connectivity index (χ0v) is 13.2. The van der Waals surface area contributed by atoms with Crippen molar-refractivity contribution in [1.82, 2.24) is 0 Å². The molecule has 0 radical (unpaired) electrons. The molecule has 0 aromatic heterocycles. The summed E-state index contributed by atoms with van der Waals surface area (Å²) in [6.07, 6.45) is -4.50. The maximum absolute atomic E-state index is 12.5. The maximum Gasteiger partial charge on any atom is 0.416 e. The summed E-state index contributed by atoms with van der Waals surface area (Å²) in [5.41, 5.74) is -0.754. The zero-order valence-electron chi connectivity index (χ0n) is 12.5. The molecule has 0 fully saturated rings. The molecule has 128 valence electrons. The van der Waals surface area contributed by atoms with Gasteiger partial charge in [0, 0.05) is 16.3 Å². The van der Waals surface area contributed by atoms with Gasteiger partial charge in [-0.2, -0.15) is 18.4 Å². The van der Waals surface area contributed by atoms with E-state index in [9.17, 15) is 22.8 Å². The van der Waals surface area contributed by atoms with Gasteiger partial charge in [-0.1, -0.05) is 23.7 Å². The van der Waals surface area contributed by atoms with Crippen LogP contribution in [0.4, 0.5) is 18.9 Å².